The summed E-state index contributed by atoms with van der Waals surface area (Å²) in [5, 5.41) is 28.4. The standard InChI is InChI=1S/C10H12F2N2O6/c11-8(12)10(3-15)6(18)5(17)7(20-10)14-2-1-4(16)13-9(14)19/h1-2,5-8,15,17-18H,3H2,(H,13,16,19). The van der Waals surface area contributed by atoms with Gasteiger partial charge in [-0.25, -0.2) is 13.6 Å². The van der Waals surface area contributed by atoms with Gasteiger partial charge in [-0.3, -0.25) is 14.3 Å². The molecule has 2 rings (SSSR count). The largest absolute Gasteiger partial charge is 0.393 e. The highest BCUT2D eigenvalue weighted by Crippen LogP contribution is 2.40. The molecule has 0 saturated carbocycles. The van der Waals surface area contributed by atoms with Gasteiger partial charge in [-0.1, -0.05) is 0 Å². The second kappa shape index (κ2) is 5.05. The number of aliphatic hydroxyl groups excluding tert-OH is 3. The van der Waals surface area contributed by atoms with Crippen LogP contribution in [0.15, 0.2) is 21.9 Å². The van der Waals surface area contributed by atoms with Crippen LogP contribution in [0, 0.1) is 0 Å². The van der Waals surface area contributed by atoms with Crippen molar-refractivity contribution in [2.24, 2.45) is 0 Å². The molecule has 112 valence electrons. The first-order valence-corrected chi connectivity index (χ1v) is 5.58. The van der Waals surface area contributed by atoms with E-state index in [1.54, 1.807) is 0 Å². The van der Waals surface area contributed by atoms with Crippen LogP contribution in [-0.2, 0) is 4.74 Å². The zero-order valence-corrected chi connectivity index (χ0v) is 9.94. The van der Waals surface area contributed by atoms with Gasteiger partial charge in [0.2, 0.25) is 0 Å². The Kier molecular flexibility index (Phi) is 3.73. The molecule has 0 spiro atoms. The maximum Gasteiger partial charge on any atom is 0.330 e. The van der Waals surface area contributed by atoms with Crippen LogP contribution in [0.4, 0.5) is 8.78 Å². The minimum atomic E-state index is -3.29. The fourth-order valence-corrected chi connectivity index (χ4v) is 2.04. The van der Waals surface area contributed by atoms with Gasteiger partial charge in [0.15, 0.2) is 11.8 Å². The Morgan fingerprint density at radius 2 is 2.10 bits per heavy atom. The first-order valence-electron chi connectivity index (χ1n) is 5.58. The Hall–Kier alpha value is -1.62. The van der Waals surface area contributed by atoms with E-state index in [1.165, 1.54) is 0 Å². The van der Waals surface area contributed by atoms with Gasteiger partial charge >= 0.3 is 5.69 Å². The van der Waals surface area contributed by atoms with Crippen LogP contribution in [0.3, 0.4) is 0 Å². The number of nitrogens with zero attached hydrogens (tertiary/aromatic N) is 1. The van der Waals surface area contributed by atoms with Gasteiger partial charge in [0, 0.05) is 12.3 Å². The Morgan fingerprint density at radius 1 is 1.45 bits per heavy atom. The van der Waals surface area contributed by atoms with Gasteiger partial charge in [-0.2, -0.15) is 0 Å². The van der Waals surface area contributed by atoms with Gasteiger partial charge in [-0.05, 0) is 0 Å². The van der Waals surface area contributed by atoms with Crippen molar-refractivity contribution in [2.45, 2.75) is 30.5 Å². The van der Waals surface area contributed by atoms with E-state index >= 15 is 0 Å². The summed E-state index contributed by atoms with van der Waals surface area (Å²) in [5.74, 6) is 0. The SMILES string of the molecule is O=c1ccn(C2OC(CO)(C(F)F)C(O)C2O)c(=O)[nH]1. The Labute approximate surface area is 109 Å². The predicted molar refractivity (Wildman–Crippen MR) is 59.3 cm³/mol. The molecular weight excluding hydrogens is 282 g/mol. The molecule has 0 aliphatic carbocycles. The van der Waals surface area contributed by atoms with Crippen LogP contribution in [0.1, 0.15) is 6.23 Å². The lowest BCUT2D eigenvalue weighted by Crippen LogP contribution is -2.52. The zero-order chi connectivity index (χ0) is 15.1. The molecule has 20 heavy (non-hydrogen) atoms. The molecule has 0 aromatic carbocycles. The smallest absolute Gasteiger partial charge is 0.330 e. The second-order valence-corrected chi connectivity index (χ2v) is 4.38. The summed E-state index contributed by atoms with van der Waals surface area (Å²) in [6, 6.07) is 0.922. The summed E-state index contributed by atoms with van der Waals surface area (Å²) >= 11 is 0. The molecule has 1 aliphatic heterocycles. The number of hydrogen-bond donors (Lipinski definition) is 4. The Morgan fingerprint density at radius 3 is 2.55 bits per heavy atom. The van der Waals surface area contributed by atoms with E-state index in [1.807, 2.05) is 4.98 Å². The summed E-state index contributed by atoms with van der Waals surface area (Å²) in [6.07, 6.45) is -7.99. The highest BCUT2D eigenvalue weighted by molar-refractivity contribution is 5.03. The highest BCUT2D eigenvalue weighted by atomic mass is 19.3. The van der Waals surface area contributed by atoms with Crippen LogP contribution < -0.4 is 11.2 Å². The number of alkyl halides is 2. The van der Waals surface area contributed by atoms with Crippen molar-refractivity contribution in [1.82, 2.24) is 9.55 Å². The van der Waals surface area contributed by atoms with Crippen molar-refractivity contribution in [3.63, 3.8) is 0 Å². The number of aromatic amines is 1. The monoisotopic (exact) mass is 294 g/mol. The average molecular weight is 294 g/mol. The highest BCUT2D eigenvalue weighted by Gasteiger charge is 2.60. The lowest BCUT2D eigenvalue weighted by molar-refractivity contribution is -0.195. The minimum absolute atomic E-state index is 0.648. The molecule has 4 atom stereocenters. The third kappa shape index (κ3) is 2.06. The number of H-pyrrole nitrogens is 1. The molecule has 1 aliphatic rings. The summed E-state index contributed by atoms with van der Waals surface area (Å²) in [5.41, 5.74) is -4.42. The Balaban J connectivity index is 2.45. The van der Waals surface area contributed by atoms with Gasteiger partial charge in [0.05, 0.1) is 6.61 Å². The predicted octanol–water partition coefficient (Wildman–Crippen LogP) is -2.22. The quantitative estimate of drug-likeness (QED) is 0.500. The van der Waals surface area contributed by atoms with Crippen LogP contribution in [0.5, 0.6) is 0 Å². The van der Waals surface area contributed by atoms with E-state index in [2.05, 4.69) is 0 Å². The molecule has 1 aromatic rings. The fourth-order valence-electron chi connectivity index (χ4n) is 2.04. The number of nitrogens with one attached hydrogen (secondary N) is 1. The Bertz CT molecular complexity index is 602. The van der Waals surface area contributed by atoms with Crippen molar-refractivity contribution in [1.29, 1.82) is 0 Å². The average Bonchev–Trinajstić information content (AvgIpc) is 2.64. The molecular formula is C10H12F2N2O6. The van der Waals surface area contributed by atoms with E-state index in [4.69, 9.17) is 9.84 Å². The molecule has 10 heteroatoms. The van der Waals surface area contributed by atoms with E-state index in [0.717, 1.165) is 12.3 Å². The molecule has 1 aromatic heterocycles. The molecule has 4 unspecified atom stereocenters. The van der Waals surface area contributed by atoms with Crippen molar-refractivity contribution < 1.29 is 28.8 Å². The molecule has 4 N–H and O–H groups in total. The first kappa shape index (κ1) is 14.8. The zero-order valence-electron chi connectivity index (χ0n) is 9.94. The topological polar surface area (TPSA) is 125 Å². The minimum Gasteiger partial charge on any atom is -0.393 e. The van der Waals surface area contributed by atoms with Crippen LogP contribution in [0.2, 0.25) is 0 Å². The van der Waals surface area contributed by atoms with E-state index in [-0.39, 0.29) is 0 Å². The maximum absolute atomic E-state index is 13.0. The molecule has 0 bridgehead atoms. The van der Waals surface area contributed by atoms with Gasteiger partial charge in [0.25, 0.3) is 12.0 Å². The number of halogens is 2. The third-order valence-corrected chi connectivity index (χ3v) is 3.20. The molecule has 0 amide bonds. The van der Waals surface area contributed by atoms with E-state index in [9.17, 15) is 28.6 Å². The van der Waals surface area contributed by atoms with E-state index in [0.29, 0.717) is 4.57 Å². The number of aromatic nitrogens is 2. The second-order valence-electron chi connectivity index (χ2n) is 4.38. The molecule has 8 nitrogen and oxygen atoms in total. The van der Waals surface area contributed by atoms with Gasteiger partial charge < -0.3 is 20.1 Å². The molecule has 1 fully saturated rings. The van der Waals surface area contributed by atoms with Crippen molar-refractivity contribution >= 4 is 0 Å². The summed E-state index contributed by atoms with van der Waals surface area (Å²) in [7, 11) is 0. The van der Waals surface area contributed by atoms with Crippen molar-refractivity contribution in [2.75, 3.05) is 6.61 Å². The molecule has 2 heterocycles. The van der Waals surface area contributed by atoms with Crippen LogP contribution in [0.25, 0.3) is 0 Å². The number of rotatable bonds is 3. The van der Waals surface area contributed by atoms with Crippen LogP contribution >= 0.6 is 0 Å². The van der Waals surface area contributed by atoms with Crippen LogP contribution in [-0.4, -0.2) is 55.7 Å². The van der Waals surface area contributed by atoms with Crippen molar-refractivity contribution in [3.8, 4) is 0 Å². The van der Waals surface area contributed by atoms with E-state index < -0.39 is 48.3 Å². The molecule has 1 saturated heterocycles. The number of hydrogen-bond acceptors (Lipinski definition) is 6. The lowest BCUT2D eigenvalue weighted by Gasteiger charge is -2.28. The maximum atomic E-state index is 13.0. The third-order valence-electron chi connectivity index (χ3n) is 3.20. The normalized spacial score (nSPS) is 33.8. The van der Waals surface area contributed by atoms with Gasteiger partial charge in [0.1, 0.15) is 12.2 Å². The summed E-state index contributed by atoms with van der Waals surface area (Å²) in [6.45, 7) is -1.25. The fraction of sp³-hybridized carbons (Fsp3) is 0.600. The first-order chi connectivity index (χ1) is 9.33. The van der Waals surface area contributed by atoms with Gasteiger partial charge in [-0.15, -0.1) is 0 Å². The lowest BCUT2D eigenvalue weighted by atomic mass is 9.96. The number of aliphatic hydroxyl groups is 3. The molecule has 0 radical (unpaired) electrons. The summed E-state index contributed by atoms with van der Waals surface area (Å²) in [4.78, 5) is 24.3. The van der Waals surface area contributed by atoms with Crippen molar-refractivity contribution in [3.05, 3.63) is 33.1 Å². The summed E-state index contributed by atoms with van der Waals surface area (Å²) < 4.78 is 31.4. The number of ether oxygens (including phenoxy) is 1.